The molecule has 4 aliphatic carbocycles. The molecule has 10 nitrogen and oxygen atoms in total. The first-order valence-corrected chi connectivity index (χ1v) is 16.5. The van der Waals surface area contributed by atoms with Crippen molar-refractivity contribution in [2.45, 2.75) is 134 Å². The minimum absolute atomic E-state index is 0.00800. The van der Waals surface area contributed by atoms with Crippen LogP contribution in [-0.4, -0.2) is 64.6 Å². The highest BCUT2D eigenvalue weighted by atomic mass is 16.2. The standard InChI is InChI=1S/C32H51N5O5/c1-4-32(15-9-6-10-16-32)36-30(42)35-24(20-11-7-5-8-12-20)29(41)37-18-21-23(31(21,2)3)25(37)28(40)34-22(17-19-13-14-19)26(38)27(33)39/h19-25H,4-18H2,1-3H3,(H2,33,39)(H,34,40)(H2,35,36,42)/t21-,22?,23-,24-,25-/m0/s1. The maximum atomic E-state index is 14.4. The van der Waals surface area contributed by atoms with Gasteiger partial charge in [0.25, 0.3) is 5.91 Å². The molecule has 5 atom stereocenters. The number of ketones is 1. The Morgan fingerprint density at radius 2 is 1.55 bits per heavy atom. The van der Waals surface area contributed by atoms with Gasteiger partial charge in [0.15, 0.2) is 0 Å². The number of nitrogens with two attached hydrogens (primary N) is 1. The molecule has 5 fully saturated rings. The molecule has 5 amide bonds. The number of piperidine rings is 1. The van der Waals surface area contributed by atoms with Crippen LogP contribution in [0.4, 0.5) is 4.79 Å². The number of primary amides is 1. The first-order valence-electron chi connectivity index (χ1n) is 16.5. The summed E-state index contributed by atoms with van der Waals surface area (Å²) in [5.74, 6) is -2.04. The topological polar surface area (TPSA) is 151 Å². The van der Waals surface area contributed by atoms with Crippen molar-refractivity contribution in [3.05, 3.63) is 0 Å². The Bertz CT molecular complexity index is 1080. The van der Waals surface area contributed by atoms with Crippen LogP contribution in [0, 0.1) is 29.1 Å². The molecule has 42 heavy (non-hydrogen) atoms. The number of carbonyl (C=O) groups is 5. The third-order valence-electron chi connectivity index (χ3n) is 11.4. The van der Waals surface area contributed by atoms with Crippen molar-refractivity contribution in [2.24, 2.45) is 34.8 Å². The van der Waals surface area contributed by atoms with E-state index in [9.17, 15) is 24.0 Å². The van der Waals surface area contributed by atoms with E-state index in [0.29, 0.717) is 18.9 Å². The first kappa shape index (κ1) is 30.8. The molecule has 0 aromatic heterocycles. The average molecular weight is 586 g/mol. The number of hydrogen-bond donors (Lipinski definition) is 4. The molecule has 0 aromatic carbocycles. The molecule has 10 heteroatoms. The molecule has 0 spiro atoms. The van der Waals surface area contributed by atoms with Gasteiger partial charge in [0.05, 0.1) is 6.04 Å². The van der Waals surface area contributed by atoms with E-state index in [0.717, 1.165) is 77.0 Å². The number of Topliss-reactive ketones (excluding diaryl/α,β-unsaturated/α-hetero) is 1. The summed E-state index contributed by atoms with van der Waals surface area (Å²) in [6, 6.07) is -2.74. The fourth-order valence-electron chi connectivity index (χ4n) is 8.40. The van der Waals surface area contributed by atoms with Gasteiger partial charge in [-0.1, -0.05) is 72.1 Å². The quantitative estimate of drug-likeness (QED) is 0.275. The van der Waals surface area contributed by atoms with Gasteiger partial charge in [-0.3, -0.25) is 19.2 Å². The SMILES string of the molecule is CCC1(NC(=O)N[C@H](C(=O)N2C[C@H]3[C@@H]([C@H]2C(=O)NC(CC2CC2)C(=O)C(N)=O)C3(C)C)C2CCCCC2)CCCCC1. The summed E-state index contributed by atoms with van der Waals surface area (Å²) in [5.41, 5.74) is 4.97. The number of nitrogens with one attached hydrogen (secondary N) is 3. The number of urea groups is 1. The van der Waals surface area contributed by atoms with Gasteiger partial charge < -0.3 is 26.6 Å². The minimum atomic E-state index is -1.06. The molecule has 5 N–H and O–H groups in total. The molecule has 0 bridgehead atoms. The van der Waals surface area contributed by atoms with Gasteiger partial charge in [-0.15, -0.1) is 0 Å². The van der Waals surface area contributed by atoms with Crippen molar-refractivity contribution in [1.29, 1.82) is 0 Å². The summed E-state index contributed by atoms with van der Waals surface area (Å²) in [6.45, 7) is 6.77. The van der Waals surface area contributed by atoms with Gasteiger partial charge in [0, 0.05) is 12.1 Å². The van der Waals surface area contributed by atoms with Crippen molar-refractivity contribution in [1.82, 2.24) is 20.9 Å². The van der Waals surface area contributed by atoms with Gasteiger partial charge in [0.2, 0.25) is 17.6 Å². The predicted octanol–water partition coefficient (Wildman–Crippen LogP) is 3.17. The van der Waals surface area contributed by atoms with Crippen molar-refractivity contribution < 1.29 is 24.0 Å². The maximum Gasteiger partial charge on any atom is 0.315 e. The number of hydrogen-bond acceptors (Lipinski definition) is 5. The van der Waals surface area contributed by atoms with Crippen molar-refractivity contribution in [3.63, 3.8) is 0 Å². The zero-order chi connectivity index (χ0) is 30.2. The minimum Gasteiger partial charge on any atom is -0.363 e. The Morgan fingerprint density at radius 1 is 0.905 bits per heavy atom. The first-order chi connectivity index (χ1) is 20.0. The number of amides is 5. The highest BCUT2D eigenvalue weighted by Crippen LogP contribution is 2.65. The number of nitrogens with zero attached hydrogens (tertiary/aromatic N) is 1. The van der Waals surface area contributed by atoms with E-state index in [1.54, 1.807) is 4.90 Å². The molecule has 1 unspecified atom stereocenters. The Hall–Kier alpha value is -2.65. The fraction of sp³-hybridized carbons (Fsp3) is 0.844. The Morgan fingerprint density at radius 3 is 2.14 bits per heavy atom. The van der Waals surface area contributed by atoms with Crippen LogP contribution in [0.5, 0.6) is 0 Å². The molecular formula is C32H51N5O5. The van der Waals surface area contributed by atoms with Crippen molar-refractivity contribution in [3.8, 4) is 0 Å². The Labute approximate surface area is 250 Å². The van der Waals surface area contributed by atoms with E-state index < -0.39 is 35.7 Å². The number of likely N-dealkylation sites (tertiary alicyclic amines) is 1. The molecule has 1 aliphatic heterocycles. The normalized spacial score (nSPS) is 29.5. The zero-order valence-corrected chi connectivity index (χ0v) is 25.7. The van der Waals surface area contributed by atoms with Crippen LogP contribution in [0.25, 0.3) is 0 Å². The van der Waals surface area contributed by atoms with Gasteiger partial charge in [-0.25, -0.2) is 4.79 Å². The van der Waals surface area contributed by atoms with Gasteiger partial charge in [-0.2, -0.15) is 0 Å². The van der Waals surface area contributed by atoms with Crippen molar-refractivity contribution >= 4 is 29.5 Å². The zero-order valence-electron chi connectivity index (χ0n) is 25.7. The highest BCUT2D eigenvalue weighted by molar-refractivity contribution is 6.37. The summed E-state index contributed by atoms with van der Waals surface area (Å²) >= 11 is 0. The van der Waals surface area contributed by atoms with Crippen LogP contribution in [-0.2, 0) is 19.2 Å². The van der Waals surface area contributed by atoms with Crippen LogP contribution < -0.4 is 21.7 Å². The lowest BCUT2D eigenvalue weighted by molar-refractivity contribution is -0.144. The second-order valence-electron chi connectivity index (χ2n) is 14.5. The fourth-order valence-corrected chi connectivity index (χ4v) is 8.40. The Balaban J connectivity index is 1.35. The molecule has 5 rings (SSSR count). The van der Waals surface area contributed by atoms with Crippen LogP contribution >= 0.6 is 0 Å². The van der Waals surface area contributed by atoms with E-state index in [-0.39, 0.29) is 40.6 Å². The summed E-state index contributed by atoms with van der Waals surface area (Å²) in [6.07, 6.45) is 13.2. The summed E-state index contributed by atoms with van der Waals surface area (Å²) in [5, 5.41) is 9.19. The average Bonchev–Trinajstić information content (AvgIpc) is 3.83. The number of rotatable bonds is 11. The van der Waals surface area contributed by atoms with E-state index in [4.69, 9.17) is 5.73 Å². The van der Waals surface area contributed by atoms with E-state index in [1.807, 2.05) is 0 Å². The number of carbonyl (C=O) groups excluding carboxylic acids is 5. The molecule has 4 saturated carbocycles. The predicted molar refractivity (Wildman–Crippen MR) is 158 cm³/mol. The van der Waals surface area contributed by atoms with Crippen LogP contribution in [0.2, 0.25) is 0 Å². The molecule has 1 saturated heterocycles. The lowest BCUT2D eigenvalue weighted by Gasteiger charge is -2.40. The van der Waals surface area contributed by atoms with Gasteiger partial charge in [0.1, 0.15) is 12.1 Å². The second kappa shape index (κ2) is 12.2. The van der Waals surface area contributed by atoms with Gasteiger partial charge in [-0.05, 0) is 67.6 Å². The largest absolute Gasteiger partial charge is 0.363 e. The molecule has 0 radical (unpaired) electrons. The molecule has 0 aromatic rings. The van der Waals surface area contributed by atoms with E-state index >= 15 is 0 Å². The third kappa shape index (κ3) is 6.32. The lowest BCUT2D eigenvalue weighted by atomic mass is 9.80. The van der Waals surface area contributed by atoms with Crippen molar-refractivity contribution in [2.75, 3.05) is 6.54 Å². The monoisotopic (exact) mass is 585 g/mol. The number of fused-ring (bicyclic) bond motifs is 1. The lowest BCUT2D eigenvalue weighted by Crippen LogP contribution is -2.62. The third-order valence-corrected chi connectivity index (χ3v) is 11.4. The second-order valence-corrected chi connectivity index (χ2v) is 14.5. The highest BCUT2D eigenvalue weighted by Gasteiger charge is 2.69. The van der Waals surface area contributed by atoms with Gasteiger partial charge >= 0.3 is 6.03 Å². The summed E-state index contributed by atoms with van der Waals surface area (Å²) < 4.78 is 0. The smallest absolute Gasteiger partial charge is 0.315 e. The Kier molecular flexibility index (Phi) is 8.91. The maximum absolute atomic E-state index is 14.4. The van der Waals surface area contributed by atoms with E-state index in [1.165, 1.54) is 6.42 Å². The van der Waals surface area contributed by atoms with E-state index in [2.05, 4.69) is 36.7 Å². The summed E-state index contributed by atoms with van der Waals surface area (Å²) in [4.78, 5) is 67.8. The van der Waals surface area contributed by atoms with Crippen LogP contribution in [0.3, 0.4) is 0 Å². The summed E-state index contributed by atoms with van der Waals surface area (Å²) in [7, 11) is 0. The molecule has 1 heterocycles. The molecular weight excluding hydrogens is 534 g/mol. The molecule has 5 aliphatic rings. The van der Waals surface area contributed by atoms with Crippen LogP contribution in [0.1, 0.15) is 111 Å². The molecule has 234 valence electrons. The van der Waals surface area contributed by atoms with Crippen LogP contribution in [0.15, 0.2) is 0 Å².